The van der Waals surface area contributed by atoms with Gasteiger partial charge in [-0.1, -0.05) is 19.1 Å². The van der Waals surface area contributed by atoms with Crippen LogP contribution in [0.25, 0.3) is 11.3 Å². The highest BCUT2D eigenvalue weighted by molar-refractivity contribution is 5.73. The van der Waals surface area contributed by atoms with Crippen molar-refractivity contribution in [3.63, 3.8) is 0 Å². The maximum absolute atomic E-state index is 14.3. The fourth-order valence-corrected chi connectivity index (χ4v) is 5.12. The van der Waals surface area contributed by atoms with Gasteiger partial charge in [0.15, 0.2) is 5.82 Å². The van der Waals surface area contributed by atoms with Crippen LogP contribution in [0.3, 0.4) is 0 Å². The molecule has 0 N–H and O–H groups in total. The number of hydrogen-bond acceptors (Lipinski definition) is 7. The van der Waals surface area contributed by atoms with E-state index in [-0.39, 0.29) is 29.5 Å². The van der Waals surface area contributed by atoms with Crippen molar-refractivity contribution in [2.24, 2.45) is 11.8 Å². The fraction of sp³-hybridized carbons (Fsp3) is 0.429. The first kappa shape index (κ1) is 24.2. The largest absolute Gasteiger partial charge is 0.484 e. The Bertz CT molecular complexity index is 1250. The molecule has 0 amide bonds. The summed E-state index contributed by atoms with van der Waals surface area (Å²) in [6.45, 7) is 1.95. The van der Waals surface area contributed by atoms with Crippen LogP contribution in [-0.4, -0.2) is 35.1 Å². The van der Waals surface area contributed by atoms with Crippen molar-refractivity contribution >= 4 is 5.97 Å². The third-order valence-electron chi connectivity index (χ3n) is 7.22. The monoisotopic (exact) mass is 491 g/mol. The SMILES string of the molecule is COC(=O)[C@@H](C)[C@H](c1ccc2c(c1)OC(c1cnc(-c3cc(OC)ncc3F)cn1)CCC2)C1CC1. The van der Waals surface area contributed by atoms with Crippen LogP contribution >= 0.6 is 0 Å². The third-order valence-corrected chi connectivity index (χ3v) is 7.22. The zero-order valence-electron chi connectivity index (χ0n) is 20.7. The molecule has 1 fully saturated rings. The van der Waals surface area contributed by atoms with Gasteiger partial charge >= 0.3 is 5.97 Å². The third kappa shape index (κ3) is 4.90. The Morgan fingerprint density at radius 2 is 1.92 bits per heavy atom. The van der Waals surface area contributed by atoms with E-state index in [0.29, 0.717) is 23.2 Å². The number of halogens is 1. The van der Waals surface area contributed by atoms with Crippen LogP contribution in [0.1, 0.15) is 61.4 Å². The number of methoxy groups -OCH3 is 2. The van der Waals surface area contributed by atoms with Gasteiger partial charge in [0, 0.05) is 11.6 Å². The van der Waals surface area contributed by atoms with E-state index in [4.69, 9.17) is 14.2 Å². The number of ether oxygens (including phenoxy) is 3. The number of aromatic nitrogens is 3. The van der Waals surface area contributed by atoms with Gasteiger partial charge in [0.05, 0.1) is 50.1 Å². The van der Waals surface area contributed by atoms with E-state index < -0.39 is 5.82 Å². The minimum absolute atomic E-state index is 0.111. The summed E-state index contributed by atoms with van der Waals surface area (Å²) in [6.07, 6.45) is 8.94. The van der Waals surface area contributed by atoms with Gasteiger partial charge in [-0.05, 0) is 61.1 Å². The van der Waals surface area contributed by atoms with E-state index in [2.05, 4.69) is 33.2 Å². The van der Waals surface area contributed by atoms with E-state index in [1.165, 1.54) is 20.3 Å². The molecule has 3 aromatic rings. The van der Waals surface area contributed by atoms with Gasteiger partial charge in [-0.3, -0.25) is 14.8 Å². The Morgan fingerprint density at radius 1 is 1.08 bits per heavy atom. The second-order valence-corrected chi connectivity index (χ2v) is 9.57. The molecular formula is C28H30FN3O4. The van der Waals surface area contributed by atoms with Crippen LogP contribution in [0.5, 0.6) is 11.6 Å². The summed E-state index contributed by atoms with van der Waals surface area (Å²) in [5, 5.41) is 0. The second kappa shape index (κ2) is 10.2. The molecule has 7 nitrogen and oxygen atoms in total. The minimum atomic E-state index is -0.489. The topological polar surface area (TPSA) is 83.4 Å². The van der Waals surface area contributed by atoms with Crippen LogP contribution in [0.15, 0.2) is 42.9 Å². The summed E-state index contributed by atoms with van der Waals surface area (Å²) in [7, 11) is 2.92. The molecular weight excluding hydrogens is 461 g/mol. The molecule has 8 heteroatoms. The summed E-state index contributed by atoms with van der Waals surface area (Å²) in [5.41, 5.74) is 3.64. The Labute approximate surface area is 210 Å². The standard InChI is InChI=1S/C28H30FN3O4/c1-16(28(33)35-3)27(18-8-9-18)19-10-7-17-5-4-6-24(36-25(17)11-19)23-15-30-22(14-31-23)20-12-26(34-2)32-13-21(20)29/h7,10-16,18,24,27H,4-6,8-9H2,1-3H3/t16-,24?,27-/m0/s1. The predicted octanol–water partition coefficient (Wildman–Crippen LogP) is 5.45. The summed E-state index contributed by atoms with van der Waals surface area (Å²) >= 11 is 0. The molecule has 1 saturated carbocycles. The number of rotatable bonds is 7. The lowest BCUT2D eigenvalue weighted by molar-refractivity contribution is -0.145. The van der Waals surface area contributed by atoms with Gasteiger partial charge in [0.1, 0.15) is 11.9 Å². The van der Waals surface area contributed by atoms with E-state index >= 15 is 0 Å². The molecule has 1 aliphatic heterocycles. The Hall–Kier alpha value is -3.55. The molecule has 0 radical (unpaired) electrons. The number of carbonyl (C=O) groups is 1. The molecule has 0 saturated heterocycles. The number of aryl methyl sites for hydroxylation is 1. The average molecular weight is 492 g/mol. The molecule has 1 unspecified atom stereocenters. The normalized spacial score (nSPS) is 18.8. The summed E-state index contributed by atoms with van der Waals surface area (Å²) in [6, 6.07) is 7.86. The number of pyridine rings is 1. The van der Waals surface area contributed by atoms with Crippen molar-refractivity contribution in [1.82, 2.24) is 15.0 Å². The molecule has 1 aromatic carbocycles. The van der Waals surface area contributed by atoms with Crippen LogP contribution in [0, 0.1) is 17.7 Å². The first-order valence-electron chi connectivity index (χ1n) is 12.4. The van der Waals surface area contributed by atoms with Gasteiger partial charge in [0.25, 0.3) is 0 Å². The van der Waals surface area contributed by atoms with Crippen molar-refractivity contribution in [3.05, 3.63) is 65.5 Å². The number of esters is 1. The van der Waals surface area contributed by atoms with Gasteiger partial charge in [-0.2, -0.15) is 0 Å². The lowest BCUT2D eigenvalue weighted by atomic mass is 9.82. The highest BCUT2D eigenvalue weighted by atomic mass is 19.1. The number of benzene rings is 1. The quantitative estimate of drug-likeness (QED) is 0.407. The molecule has 0 spiro atoms. The van der Waals surface area contributed by atoms with Crippen molar-refractivity contribution in [1.29, 1.82) is 0 Å². The summed E-state index contributed by atoms with van der Waals surface area (Å²) in [5.74, 6) is 0.850. The molecule has 3 heterocycles. The van der Waals surface area contributed by atoms with E-state index in [1.54, 1.807) is 12.4 Å². The minimum Gasteiger partial charge on any atom is -0.484 e. The Morgan fingerprint density at radius 3 is 2.61 bits per heavy atom. The van der Waals surface area contributed by atoms with Crippen LogP contribution in [0.2, 0.25) is 0 Å². The molecule has 0 bridgehead atoms. The predicted molar refractivity (Wildman–Crippen MR) is 131 cm³/mol. The van der Waals surface area contributed by atoms with Gasteiger partial charge in [0.2, 0.25) is 5.88 Å². The van der Waals surface area contributed by atoms with Crippen molar-refractivity contribution in [2.45, 2.75) is 51.0 Å². The lowest BCUT2D eigenvalue weighted by Gasteiger charge is -2.24. The van der Waals surface area contributed by atoms with Crippen molar-refractivity contribution < 1.29 is 23.4 Å². The first-order valence-corrected chi connectivity index (χ1v) is 12.4. The molecule has 1 aliphatic carbocycles. The molecule has 188 valence electrons. The van der Waals surface area contributed by atoms with E-state index in [0.717, 1.165) is 55.2 Å². The average Bonchev–Trinajstić information content (AvgIpc) is 3.76. The number of nitrogens with zero attached hydrogens (tertiary/aromatic N) is 3. The van der Waals surface area contributed by atoms with Crippen molar-refractivity contribution in [3.8, 4) is 22.9 Å². The van der Waals surface area contributed by atoms with Crippen LogP contribution in [-0.2, 0) is 16.0 Å². The van der Waals surface area contributed by atoms with Gasteiger partial charge in [-0.25, -0.2) is 9.37 Å². The molecule has 2 aromatic heterocycles. The summed E-state index contributed by atoms with van der Waals surface area (Å²) in [4.78, 5) is 25.2. The molecule has 5 rings (SSSR count). The second-order valence-electron chi connectivity index (χ2n) is 9.57. The highest BCUT2D eigenvalue weighted by Crippen LogP contribution is 2.48. The number of fused-ring (bicyclic) bond motifs is 1. The fourth-order valence-electron chi connectivity index (χ4n) is 5.12. The maximum Gasteiger partial charge on any atom is 0.309 e. The lowest BCUT2D eigenvalue weighted by Crippen LogP contribution is -2.22. The van der Waals surface area contributed by atoms with Gasteiger partial charge < -0.3 is 14.2 Å². The first-order chi connectivity index (χ1) is 17.5. The zero-order valence-corrected chi connectivity index (χ0v) is 20.7. The Balaban J connectivity index is 1.39. The van der Waals surface area contributed by atoms with E-state index in [9.17, 15) is 9.18 Å². The summed E-state index contributed by atoms with van der Waals surface area (Å²) < 4.78 is 31.0. The van der Waals surface area contributed by atoms with Gasteiger partial charge in [-0.15, -0.1) is 0 Å². The van der Waals surface area contributed by atoms with E-state index in [1.807, 2.05) is 6.92 Å². The molecule has 3 atom stereocenters. The number of carbonyl (C=O) groups excluding carboxylic acids is 1. The van der Waals surface area contributed by atoms with Crippen molar-refractivity contribution in [2.75, 3.05) is 14.2 Å². The number of hydrogen-bond donors (Lipinski definition) is 0. The zero-order chi connectivity index (χ0) is 25.2. The smallest absolute Gasteiger partial charge is 0.309 e. The van der Waals surface area contributed by atoms with Crippen LogP contribution in [0.4, 0.5) is 4.39 Å². The molecule has 2 aliphatic rings. The molecule has 36 heavy (non-hydrogen) atoms. The van der Waals surface area contributed by atoms with Crippen LogP contribution < -0.4 is 9.47 Å². The highest BCUT2D eigenvalue weighted by Gasteiger charge is 2.39. The Kier molecular flexibility index (Phi) is 6.85. The maximum atomic E-state index is 14.3.